The second-order valence-electron chi connectivity index (χ2n) is 5.15. The van der Waals surface area contributed by atoms with Gasteiger partial charge in [0.2, 0.25) is 0 Å². The van der Waals surface area contributed by atoms with Crippen LogP contribution in [0, 0.1) is 20.8 Å². The maximum Gasteiger partial charge on any atom is 0.171 e. The average Bonchev–Trinajstić information content (AvgIpc) is 2.72. The van der Waals surface area contributed by atoms with Crippen molar-refractivity contribution in [3.05, 3.63) is 52.8 Å². The second-order valence-corrected chi connectivity index (χ2v) is 5.56. The van der Waals surface area contributed by atoms with Gasteiger partial charge in [-0.1, -0.05) is 12.1 Å². The van der Waals surface area contributed by atoms with E-state index in [2.05, 4.69) is 73.4 Å². The van der Waals surface area contributed by atoms with Gasteiger partial charge in [-0.3, -0.25) is 0 Å². The minimum absolute atomic E-state index is 0.651. The van der Waals surface area contributed by atoms with E-state index in [-0.39, 0.29) is 0 Å². The third-order valence-corrected chi connectivity index (χ3v) is 3.79. The summed E-state index contributed by atoms with van der Waals surface area (Å²) in [6.45, 7) is 6.97. The van der Waals surface area contributed by atoms with Crippen molar-refractivity contribution in [2.24, 2.45) is 7.05 Å². The highest BCUT2D eigenvalue weighted by Gasteiger charge is 2.04. The van der Waals surface area contributed by atoms with Gasteiger partial charge in [0.25, 0.3) is 0 Å². The maximum absolute atomic E-state index is 5.36. The zero-order valence-electron chi connectivity index (χ0n) is 12.4. The number of nitrogens with one attached hydrogen (secondary N) is 2. The van der Waals surface area contributed by atoms with Crippen LogP contribution in [0.5, 0.6) is 0 Å². The van der Waals surface area contributed by atoms with Crippen molar-refractivity contribution in [2.45, 2.75) is 27.3 Å². The van der Waals surface area contributed by atoms with Gasteiger partial charge >= 0.3 is 0 Å². The average molecular weight is 287 g/mol. The number of thiocarbonyl (C=S) groups is 1. The topological polar surface area (TPSA) is 29.0 Å². The number of benzene rings is 1. The molecule has 106 valence electrons. The van der Waals surface area contributed by atoms with Crippen LogP contribution >= 0.6 is 12.2 Å². The minimum atomic E-state index is 0.651. The Morgan fingerprint density at radius 3 is 2.55 bits per heavy atom. The standard InChI is InChI=1S/C16H21N3S/c1-11-5-6-12(2)15(9-11)18-16(20)17-10-14-8-7-13(3)19(14)4/h5-9H,10H2,1-4H3,(H2,17,18,20). The Balaban J connectivity index is 1.96. The van der Waals surface area contributed by atoms with Gasteiger partial charge in [0, 0.05) is 24.1 Å². The van der Waals surface area contributed by atoms with E-state index in [1.807, 2.05) is 0 Å². The van der Waals surface area contributed by atoms with Gasteiger partial charge < -0.3 is 15.2 Å². The molecule has 0 fully saturated rings. The maximum atomic E-state index is 5.36. The third kappa shape index (κ3) is 3.39. The zero-order chi connectivity index (χ0) is 14.7. The van der Waals surface area contributed by atoms with Crippen LogP contribution in [0.4, 0.5) is 5.69 Å². The summed E-state index contributed by atoms with van der Waals surface area (Å²) in [5.41, 5.74) is 5.93. The molecule has 0 saturated carbocycles. The summed E-state index contributed by atoms with van der Waals surface area (Å²) < 4.78 is 2.16. The van der Waals surface area contributed by atoms with E-state index in [0.29, 0.717) is 5.11 Å². The molecule has 0 radical (unpaired) electrons. The van der Waals surface area contributed by atoms with E-state index in [0.717, 1.165) is 12.2 Å². The van der Waals surface area contributed by atoms with Gasteiger partial charge in [-0.05, 0) is 62.3 Å². The van der Waals surface area contributed by atoms with Crippen LogP contribution in [-0.2, 0) is 13.6 Å². The van der Waals surface area contributed by atoms with Crippen LogP contribution in [0.3, 0.4) is 0 Å². The quantitative estimate of drug-likeness (QED) is 0.847. The monoisotopic (exact) mass is 287 g/mol. The molecule has 0 amide bonds. The molecule has 0 bridgehead atoms. The van der Waals surface area contributed by atoms with Crippen LogP contribution in [0.2, 0.25) is 0 Å². The molecule has 0 aliphatic carbocycles. The molecule has 0 aliphatic heterocycles. The highest BCUT2D eigenvalue weighted by atomic mass is 32.1. The van der Waals surface area contributed by atoms with Gasteiger partial charge in [0.1, 0.15) is 0 Å². The molecule has 1 heterocycles. The summed E-state index contributed by atoms with van der Waals surface area (Å²) in [7, 11) is 2.06. The molecule has 2 N–H and O–H groups in total. The molecule has 0 aliphatic rings. The van der Waals surface area contributed by atoms with E-state index in [1.54, 1.807) is 0 Å². The van der Waals surface area contributed by atoms with Crippen molar-refractivity contribution >= 4 is 23.0 Å². The minimum Gasteiger partial charge on any atom is -0.357 e. The Kier molecular flexibility index (Phi) is 4.45. The number of anilines is 1. The Bertz CT molecular complexity index is 629. The lowest BCUT2D eigenvalue weighted by atomic mass is 10.1. The van der Waals surface area contributed by atoms with E-state index in [9.17, 15) is 0 Å². The highest BCUT2D eigenvalue weighted by Crippen LogP contribution is 2.16. The molecule has 0 saturated heterocycles. The van der Waals surface area contributed by atoms with Crippen LogP contribution in [0.15, 0.2) is 30.3 Å². The molecule has 4 heteroatoms. The normalized spacial score (nSPS) is 10.4. The number of hydrogen-bond acceptors (Lipinski definition) is 1. The summed E-state index contributed by atoms with van der Waals surface area (Å²) in [5.74, 6) is 0. The molecule has 2 aromatic rings. The Morgan fingerprint density at radius 1 is 1.15 bits per heavy atom. The molecular weight excluding hydrogens is 266 g/mol. The predicted octanol–water partition coefficient (Wildman–Crippen LogP) is 3.44. The first kappa shape index (κ1) is 14.6. The molecule has 1 aromatic heterocycles. The van der Waals surface area contributed by atoms with Crippen molar-refractivity contribution in [1.82, 2.24) is 9.88 Å². The van der Waals surface area contributed by atoms with Crippen LogP contribution in [-0.4, -0.2) is 9.68 Å². The summed E-state index contributed by atoms with van der Waals surface area (Å²) >= 11 is 5.36. The molecule has 3 nitrogen and oxygen atoms in total. The molecule has 0 spiro atoms. The number of hydrogen-bond donors (Lipinski definition) is 2. The Morgan fingerprint density at radius 2 is 1.90 bits per heavy atom. The molecular formula is C16H21N3S. The van der Waals surface area contributed by atoms with Crippen LogP contribution in [0.25, 0.3) is 0 Å². The predicted molar refractivity (Wildman–Crippen MR) is 89.1 cm³/mol. The fourth-order valence-corrected chi connectivity index (χ4v) is 2.23. The lowest BCUT2D eigenvalue weighted by Crippen LogP contribution is -2.29. The van der Waals surface area contributed by atoms with Crippen molar-refractivity contribution in [3.8, 4) is 0 Å². The lowest BCUT2D eigenvalue weighted by molar-refractivity contribution is 0.764. The van der Waals surface area contributed by atoms with Crippen LogP contribution < -0.4 is 10.6 Å². The van der Waals surface area contributed by atoms with Gasteiger partial charge in [0.15, 0.2) is 5.11 Å². The lowest BCUT2D eigenvalue weighted by Gasteiger charge is -2.13. The van der Waals surface area contributed by atoms with E-state index in [1.165, 1.54) is 22.5 Å². The molecule has 0 atom stereocenters. The van der Waals surface area contributed by atoms with Gasteiger partial charge in [-0.2, -0.15) is 0 Å². The second kappa shape index (κ2) is 6.09. The highest BCUT2D eigenvalue weighted by molar-refractivity contribution is 7.80. The van der Waals surface area contributed by atoms with Crippen molar-refractivity contribution < 1.29 is 0 Å². The molecule has 20 heavy (non-hydrogen) atoms. The van der Waals surface area contributed by atoms with E-state index in [4.69, 9.17) is 12.2 Å². The Labute approximate surface area is 126 Å². The van der Waals surface area contributed by atoms with Gasteiger partial charge in [-0.25, -0.2) is 0 Å². The first-order chi connectivity index (χ1) is 9.47. The number of rotatable bonds is 3. The van der Waals surface area contributed by atoms with Crippen molar-refractivity contribution in [1.29, 1.82) is 0 Å². The smallest absolute Gasteiger partial charge is 0.171 e. The van der Waals surface area contributed by atoms with Crippen molar-refractivity contribution in [2.75, 3.05) is 5.32 Å². The third-order valence-electron chi connectivity index (χ3n) is 3.55. The fraction of sp³-hybridized carbons (Fsp3) is 0.312. The summed E-state index contributed by atoms with van der Waals surface area (Å²) in [4.78, 5) is 0. The SMILES string of the molecule is Cc1ccc(C)c(NC(=S)NCc2ccc(C)n2C)c1. The first-order valence-electron chi connectivity index (χ1n) is 6.70. The molecule has 1 aromatic carbocycles. The fourth-order valence-electron chi connectivity index (χ4n) is 2.05. The first-order valence-corrected chi connectivity index (χ1v) is 7.11. The largest absolute Gasteiger partial charge is 0.357 e. The van der Waals surface area contributed by atoms with Crippen molar-refractivity contribution in [3.63, 3.8) is 0 Å². The van der Waals surface area contributed by atoms with Crippen LogP contribution in [0.1, 0.15) is 22.5 Å². The number of aryl methyl sites for hydroxylation is 3. The Hall–Kier alpha value is -1.81. The van der Waals surface area contributed by atoms with Gasteiger partial charge in [-0.15, -0.1) is 0 Å². The zero-order valence-corrected chi connectivity index (χ0v) is 13.3. The number of nitrogens with zero attached hydrogens (tertiary/aromatic N) is 1. The molecule has 0 unspecified atom stereocenters. The van der Waals surface area contributed by atoms with E-state index < -0.39 is 0 Å². The molecule has 2 rings (SSSR count). The van der Waals surface area contributed by atoms with Gasteiger partial charge in [0.05, 0.1) is 6.54 Å². The summed E-state index contributed by atoms with van der Waals surface area (Å²) in [6, 6.07) is 10.5. The summed E-state index contributed by atoms with van der Waals surface area (Å²) in [5, 5.41) is 7.16. The van der Waals surface area contributed by atoms with E-state index >= 15 is 0 Å². The summed E-state index contributed by atoms with van der Waals surface area (Å²) in [6.07, 6.45) is 0. The number of aromatic nitrogens is 1.